The van der Waals surface area contributed by atoms with Gasteiger partial charge in [-0.25, -0.2) is 9.78 Å². The summed E-state index contributed by atoms with van der Waals surface area (Å²) in [6, 6.07) is 15.9. The smallest absolute Gasteiger partial charge is 0.335 e. The van der Waals surface area contributed by atoms with Crippen LogP contribution < -0.4 is 10.3 Å². The van der Waals surface area contributed by atoms with E-state index in [4.69, 9.17) is 21.3 Å². The first-order chi connectivity index (χ1) is 19.3. The van der Waals surface area contributed by atoms with Crippen molar-refractivity contribution in [3.8, 4) is 5.75 Å². The van der Waals surface area contributed by atoms with Gasteiger partial charge in [-0.2, -0.15) is 9.78 Å². The van der Waals surface area contributed by atoms with Gasteiger partial charge in [0, 0.05) is 17.5 Å². The fraction of sp³-hybridized carbons (Fsp3) is 0.241. The van der Waals surface area contributed by atoms with E-state index in [1.165, 1.54) is 35.2 Å². The van der Waals surface area contributed by atoms with Crippen molar-refractivity contribution in [2.75, 3.05) is 0 Å². The van der Waals surface area contributed by atoms with E-state index in [2.05, 4.69) is 5.10 Å². The Morgan fingerprint density at radius 1 is 1.15 bits per heavy atom. The minimum Gasteiger partial charge on any atom is -0.481 e. The molecule has 0 radical (unpaired) electrons. The van der Waals surface area contributed by atoms with Gasteiger partial charge in [-0.3, -0.25) is 14.9 Å². The zero-order valence-corrected chi connectivity index (χ0v) is 22.1. The first kappa shape index (κ1) is 27.0. The molecule has 1 fully saturated rings. The predicted octanol–water partition coefficient (Wildman–Crippen LogP) is 6.17. The Labute approximate surface area is 233 Å². The molecule has 0 bridgehead atoms. The lowest BCUT2D eigenvalue weighted by molar-refractivity contribution is -0.385. The van der Waals surface area contributed by atoms with Gasteiger partial charge in [0.05, 0.1) is 32.6 Å². The van der Waals surface area contributed by atoms with Gasteiger partial charge < -0.3 is 9.84 Å². The molecular weight excluding hydrogens is 536 g/mol. The Morgan fingerprint density at radius 3 is 2.67 bits per heavy atom. The third kappa shape index (κ3) is 5.72. The van der Waals surface area contributed by atoms with Gasteiger partial charge in [-0.1, -0.05) is 55.1 Å². The van der Waals surface area contributed by atoms with Crippen LogP contribution in [0, 0.1) is 10.1 Å². The Bertz CT molecular complexity index is 1690. The summed E-state index contributed by atoms with van der Waals surface area (Å²) in [6.07, 6.45) is 6.38. The summed E-state index contributed by atoms with van der Waals surface area (Å²) < 4.78 is 6.95. The third-order valence-corrected chi connectivity index (χ3v) is 7.15. The fourth-order valence-corrected chi connectivity index (χ4v) is 5.18. The molecule has 1 aromatic heterocycles. The number of benzene rings is 3. The molecule has 1 saturated carbocycles. The first-order valence-corrected chi connectivity index (χ1v) is 13.2. The molecule has 40 heavy (non-hydrogen) atoms. The van der Waals surface area contributed by atoms with Crippen molar-refractivity contribution in [2.24, 2.45) is 5.10 Å². The molecule has 0 saturated heterocycles. The number of fused-ring (bicyclic) bond motifs is 1. The predicted molar refractivity (Wildman–Crippen MR) is 151 cm³/mol. The summed E-state index contributed by atoms with van der Waals surface area (Å²) in [5.41, 5.74) is 0.778. The number of carbonyl (C=O) groups is 1. The lowest BCUT2D eigenvalue weighted by atomic mass is 9.88. The highest BCUT2D eigenvalue weighted by Crippen LogP contribution is 2.37. The van der Waals surface area contributed by atoms with Gasteiger partial charge in [0.25, 0.3) is 5.56 Å². The SMILES string of the molecule is O=C(O)c1cccc(COc2c(Cl)cc(C=Nn3c(C4CCCCC4)nc4ccccc4c3=O)cc2[N+](=O)[O-])c1. The number of aromatic nitrogens is 2. The molecule has 3 aromatic carbocycles. The molecule has 1 heterocycles. The zero-order chi connectivity index (χ0) is 28.2. The van der Waals surface area contributed by atoms with Crippen molar-refractivity contribution in [3.63, 3.8) is 0 Å². The van der Waals surface area contributed by atoms with E-state index >= 15 is 0 Å². The number of carboxylic acid groups (broad SMARTS) is 1. The summed E-state index contributed by atoms with van der Waals surface area (Å²) in [5, 5.41) is 25.9. The topological polar surface area (TPSA) is 137 Å². The average molecular weight is 561 g/mol. The summed E-state index contributed by atoms with van der Waals surface area (Å²) in [5.74, 6) is -0.598. The maximum atomic E-state index is 13.4. The van der Waals surface area contributed by atoms with Crippen LogP contribution in [0.2, 0.25) is 5.02 Å². The molecule has 1 aliphatic carbocycles. The summed E-state index contributed by atoms with van der Waals surface area (Å²) >= 11 is 6.40. The number of nitro benzene ring substituents is 1. The quantitative estimate of drug-likeness (QED) is 0.155. The van der Waals surface area contributed by atoms with Crippen LogP contribution in [0.15, 0.2) is 70.6 Å². The standard InChI is InChI=1S/C29H25ClN4O6/c30-23-14-19(15-25(34(38)39)26(23)40-17-18-7-6-10-21(13-18)29(36)37)16-31-33-27(20-8-2-1-3-9-20)32-24-12-5-4-11-22(24)28(33)35/h4-7,10-16,20H,1-3,8-9,17H2,(H,36,37). The molecule has 0 amide bonds. The maximum Gasteiger partial charge on any atom is 0.335 e. The Hall–Kier alpha value is -4.57. The number of nitrogens with zero attached hydrogens (tertiary/aromatic N) is 4. The molecule has 10 nitrogen and oxygen atoms in total. The van der Waals surface area contributed by atoms with Crippen LogP contribution in [0.25, 0.3) is 10.9 Å². The molecule has 0 unspecified atom stereocenters. The molecule has 1 aliphatic rings. The van der Waals surface area contributed by atoms with Gasteiger partial charge in [-0.05, 0) is 48.7 Å². The number of hydrogen-bond acceptors (Lipinski definition) is 7. The van der Waals surface area contributed by atoms with Gasteiger partial charge in [0.15, 0.2) is 0 Å². The van der Waals surface area contributed by atoms with Crippen molar-refractivity contribution >= 4 is 40.4 Å². The number of nitro groups is 1. The lowest BCUT2D eigenvalue weighted by Crippen LogP contribution is -2.25. The Kier molecular flexibility index (Phi) is 7.88. The Balaban J connectivity index is 1.49. The van der Waals surface area contributed by atoms with Crippen LogP contribution in [0.4, 0.5) is 5.69 Å². The van der Waals surface area contributed by atoms with E-state index in [1.807, 2.05) is 6.07 Å². The molecule has 11 heteroatoms. The van der Waals surface area contributed by atoms with Crippen molar-refractivity contribution < 1.29 is 19.6 Å². The lowest BCUT2D eigenvalue weighted by Gasteiger charge is -2.22. The Morgan fingerprint density at radius 2 is 1.93 bits per heavy atom. The second-order valence-electron chi connectivity index (χ2n) is 9.59. The van der Waals surface area contributed by atoms with Crippen molar-refractivity contribution in [1.82, 2.24) is 9.66 Å². The van der Waals surface area contributed by atoms with Crippen LogP contribution >= 0.6 is 11.6 Å². The highest BCUT2D eigenvalue weighted by Gasteiger charge is 2.23. The zero-order valence-electron chi connectivity index (χ0n) is 21.3. The van der Waals surface area contributed by atoms with Crippen molar-refractivity contribution in [3.05, 3.63) is 109 Å². The molecule has 0 atom stereocenters. The van der Waals surface area contributed by atoms with E-state index in [0.29, 0.717) is 27.9 Å². The van der Waals surface area contributed by atoms with E-state index < -0.39 is 10.9 Å². The van der Waals surface area contributed by atoms with Crippen LogP contribution in [0.5, 0.6) is 5.75 Å². The first-order valence-electron chi connectivity index (χ1n) is 12.8. The van der Waals surface area contributed by atoms with Crippen LogP contribution in [0.1, 0.15) is 65.3 Å². The van der Waals surface area contributed by atoms with E-state index in [9.17, 15) is 24.8 Å². The molecular formula is C29H25ClN4O6. The minimum atomic E-state index is -1.10. The second-order valence-corrected chi connectivity index (χ2v) is 9.99. The number of rotatable bonds is 8. The molecule has 4 aromatic rings. The van der Waals surface area contributed by atoms with E-state index in [-0.39, 0.29) is 40.1 Å². The molecule has 204 valence electrons. The van der Waals surface area contributed by atoms with E-state index in [1.54, 1.807) is 30.3 Å². The molecule has 5 rings (SSSR count). The van der Waals surface area contributed by atoms with Gasteiger partial charge >= 0.3 is 11.7 Å². The summed E-state index contributed by atoms with van der Waals surface area (Å²) in [6.45, 7) is -0.127. The molecule has 1 N–H and O–H groups in total. The highest BCUT2D eigenvalue weighted by atomic mass is 35.5. The second kappa shape index (κ2) is 11.7. The van der Waals surface area contributed by atoms with Crippen molar-refractivity contribution in [1.29, 1.82) is 0 Å². The van der Waals surface area contributed by atoms with Crippen LogP contribution in [-0.2, 0) is 6.61 Å². The fourth-order valence-electron chi connectivity index (χ4n) is 4.90. The maximum absolute atomic E-state index is 13.4. The number of hydrogen-bond donors (Lipinski definition) is 1. The highest BCUT2D eigenvalue weighted by molar-refractivity contribution is 6.32. The normalized spacial score (nSPS) is 14.0. The van der Waals surface area contributed by atoms with E-state index in [0.717, 1.165) is 32.1 Å². The minimum absolute atomic E-state index is 0.0264. The number of carboxylic acids is 1. The number of para-hydroxylation sites is 1. The monoisotopic (exact) mass is 560 g/mol. The molecule has 0 spiro atoms. The number of aromatic carboxylic acids is 1. The van der Waals surface area contributed by atoms with Crippen LogP contribution in [-0.4, -0.2) is 31.9 Å². The summed E-state index contributed by atoms with van der Waals surface area (Å²) in [7, 11) is 0. The average Bonchev–Trinajstić information content (AvgIpc) is 2.96. The molecule has 0 aliphatic heterocycles. The van der Waals surface area contributed by atoms with Gasteiger partial charge in [0.2, 0.25) is 5.75 Å². The van der Waals surface area contributed by atoms with Gasteiger partial charge in [-0.15, -0.1) is 0 Å². The van der Waals surface area contributed by atoms with Gasteiger partial charge in [0.1, 0.15) is 12.4 Å². The third-order valence-electron chi connectivity index (χ3n) is 6.87. The summed E-state index contributed by atoms with van der Waals surface area (Å²) in [4.78, 5) is 40.7. The largest absolute Gasteiger partial charge is 0.481 e. The number of halogens is 1. The van der Waals surface area contributed by atoms with Crippen LogP contribution in [0.3, 0.4) is 0 Å². The number of ether oxygens (including phenoxy) is 1. The van der Waals surface area contributed by atoms with Crippen molar-refractivity contribution in [2.45, 2.75) is 44.6 Å².